The Morgan fingerprint density at radius 2 is 1.91 bits per heavy atom. The fourth-order valence-electron chi connectivity index (χ4n) is 1.80. The smallest absolute Gasteiger partial charge is 0.168 e. The summed E-state index contributed by atoms with van der Waals surface area (Å²) in [6.07, 6.45) is 2.76. The molecule has 0 aromatic rings. The average molecular weight is 158 g/mol. The maximum Gasteiger partial charge on any atom is 0.168 e. The highest BCUT2D eigenvalue weighted by Crippen LogP contribution is 2.43. The lowest BCUT2D eigenvalue weighted by molar-refractivity contribution is -0.321. The molecular formula is C8H14O3. The quantitative estimate of drug-likeness (QED) is 0.604. The third-order valence-electron chi connectivity index (χ3n) is 2.48. The van der Waals surface area contributed by atoms with Crippen LogP contribution < -0.4 is 0 Å². The zero-order valence-corrected chi connectivity index (χ0v) is 6.58. The van der Waals surface area contributed by atoms with Gasteiger partial charge < -0.3 is 14.6 Å². The van der Waals surface area contributed by atoms with Gasteiger partial charge in [-0.3, -0.25) is 0 Å². The minimum absolute atomic E-state index is 0.272. The third kappa shape index (κ3) is 1.28. The van der Waals surface area contributed by atoms with Crippen molar-refractivity contribution in [2.24, 2.45) is 5.92 Å². The number of ether oxygens (including phenoxy) is 2. The Hall–Kier alpha value is -0.120. The number of rotatable bonds is 1. The summed E-state index contributed by atoms with van der Waals surface area (Å²) in [6, 6.07) is 0. The highest BCUT2D eigenvalue weighted by Gasteiger charge is 2.47. The number of aliphatic hydroxyl groups is 1. The molecule has 0 unspecified atom stereocenters. The standard InChI is InChI=1S/C8H14O3/c9-6-7-4-8(5-7)10-2-1-3-11-8/h7,9H,1-6H2. The Kier molecular flexibility index (Phi) is 1.87. The van der Waals surface area contributed by atoms with Crippen LogP contribution in [0.25, 0.3) is 0 Å². The van der Waals surface area contributed by atoms with Crippen LogP contribution in [0.4, 0.5) is 0 Å². The van der Waals surface area contributed by atoms with Crippen LogP contribution in [0.3, 0.4) is 0 Å². The molecule has 11 heavy (non-hydrogen) atoms. The Morgan fingerprint density at radius 1 is 1.27 bits per heavy atom. The first-order valence-electron chi connectivity index (χ1n) is 4.23. The second-order valence-corrected chi connectivity index (χ2v) is 3.42. The molecule has 1 spiro atoms. The van der Waals surface area contributed by atoms with E-state index in [4.69, 9.17) is 14.6 Å². The van der Waals surface area contributed by atoms with Crippen LogP contribution in [-0.2, 0) is 9.47 Å². The van der Waals surface area contributed by atoms with Crippen LogP contribution in [0.5, 0.6) is 0 Å². The van der Waals surface area contributed by atoms with E-state index >= 15 is 0 Å². The average Bonchev–Trinajstić information content (AvgIpc) is 2.01. The van der Waals surface area contributed by atoms with Crippen molar-refractivity contribution in [3.05, 3.63) is 0 Å². The highest BCUT2D eigenvalue weighted by atomic mass is 16.7. The second-order valence-electron chi connectivity index (χ2n) is 3.42. The van der Waals surface area contributed by atoms with Crippen molar-refractivity contribution in [3.63, 3.8) is 0 Å². The molecule has 1 saturated heterocycles. The van der Waals surface area contributed by atoms with Crippen molar-refractivity contribution in [2.45, 2.75) is 25.0 Å². The molecule has 2 fully saturated rings. The van der Waals surface area contributed by atoms with Gasteiger partial charge in [0.05, 0.1) is 13.2 Å². The van der Waals surface area contributed by atoms with Gasteiger partial charge >= 0.3 is 0 Å². The van der Waals surface area contributed by atoms with E-state index in [0.717, 1.165) is 32.5 Å². The summed E-state index contributed by atoms with van der Waals surface area (Å²) in [4.78, 5) is 0. The molecule has 2 rings (SSSR count). The van der Waals surface area contributed by atoms with E-state index in [1.54, 1.807) is 0 Å². The molecule has 3 heteroatoms. The van der Waals surface area contributed by atoms with Crippen molar-refractivity contribution < 1.29 is 14.6 Å². The van der Waals surface area contributed by atoms with Gasteiger partial charge in [-0.1, -0.05) is 0 Å². The maximum atomic E-state index is 8.79. The summed E-state index contributed by atoms with van der Waals surface area (Å²) >= 11 is 0. The Bertz CT molecular complexity index is 132. The largest absolute Gasteiger partial charge is 0.396 e. The van der Waals surface area contributed by atoms with Gasteiger partial charge in [0.25, 0.3) is 0 Å². The monoisotopic (exact) mass is 158 g/mol. The topological polar surface area (TPSA) is 38.7 Å². The number of aliphatic hydroxyl groups excluding tert-OH is 1. The summed E-state index contributed by atoms with van der Waals surface area (Å²) < 4.78 is 11.0. The molecule has 64 valence electrons. The zero-order chi connectivity index (χ0) is 7.73. The first kappa shape index (κ1) is 7.53. The van der Waals surface area contributed by atoms with Crippen LogP contribution in [0.2, 0.25) is 0 Å². The lowest BCUT2D eigenvalue weighted by Gasteiger charge is -2.48. The van der Waals surface area contributed by atoms with Gasteiger partial charge in [0.2, 0.25) is 0 Å². The first-order valence-corrected chi connectivity index (χ1v) is 4.23. The van der Waals surface area contributed by atoms with Crippen LogP contribution in [-0.4, -0.2) is 30.7 Å². The lowest BCUT2D eigenvalue weighted by atomic mass is 9.79. The molecule has 0 radical (unpaired) electrons. The first-order chi connectivity index (χ1) is 5.35. The van der Waals surface area contributed by atoms with E-state index in [1.165, 1.54) is 0 Å². The van der Waals surface area contributed by atoms with Gasteiger partial charge in [0.1, 0.15) is 0 Å². The fourth-order valence-corrected chi connectivity index (χ4v) is 1.80. The summed E-state index contributed by atoms with van der Waals surface area (Å²) in [5.41, 5.74) is 0. The van der Waals surface area contributed by atoms with E-state index in [1.807, 2.05) is 0 Å². The molecule has 1 heterocycles. The molecule has 0 bridgehead atoms. The molecule has 0 aromatic carbocycles. The second kappa shape index (κ2) is 2.73. The molecule has 1 saturated carbocycles. The molecule has 1 aliphatic heterocycles. The Labute approximate surface area is 66.3 Å². The van der Waals surface area contributed by atoms with Crippen molar-refractivity contribution in [1.82, 2.24) is 0 Å². The highest BCUT2D eigenvalue weighted by molar-refractivity contribution is 4.89. The fraction of sp³-hybridized carbons (Fsp3) is 1.00. The van der Waals surface area contributed by atoms with Gasteiger partial charge in [-0.15, -0.1) is 0 Å². The normalized spacial score (nSPS) is 30.3. The van der Waals surface area contributed by atoms with E-state index < -0.39 is 0 Å². The molecule has 0 amide bonds. The maximum absolute atomic E-state index is 8.79. The molecule has 1 aliphatic carbocycles. The van der Waals surface area contributed by atoms with Gasteiger partial charge in [-0.2, -0.15) is 0 Å². The minimum atomic E-state index is -0.286. The van der Waals surface area contributed by atoms with Crippen LogP contribution in [0.1, 0.15) is 19.3 Å². The summed E-state index contributed by atoms with van der Waals surface area (Å²) in [6.45, 7) is 1.91. The number of hydrogen-bond acceptors (Lipinski definition) is 3. The zero-order valence-electron chi connectivity index (χ0n) is 6.58. The lowest BCUT2D eigenvalue weighted by Crippen LogP contribution is -2.52. The predicted molar refractivity (Wildman–Crippen MR) is 39.1 cm³/mol. The Morgan fingerprint density at radius 3 is 2.45 bits per heavy atom. The van der Waals surface area contributed by atoms with E-state index in [9.17, 15) is 0 Å². The van der Waals surface area contributed by atoms with Gasteiger partial charge in [0, 0.05) is 19.4 Å². The SMILES string of the molecule is OCC1CC2(C1)OCCCO2. The van der Waals surface area contributed by atoms with Crippen LogP contribution >= 0.6 is 0 Å². The van der Waals surface area contributed by atoms with E-state index in [-0.39, 0.29) is 12.4 Å². The van der Waals surface area contributed by atoms with Gasteiger partial charge in [-0.25, -0.2) is 0 Å². The third-order valence-corrected chi connectivity index (χ3v) is 2.48. The van der Waals surface area contributed by atoms with Crippen molar-refractivity contribution >= 4 is 0 Å². The molecule has 1 N–H and O–H groups in total. The molecule has 0 aromatic heterocycles. The predicted octanol–water partition coefficient (Wildman–Crippen LogP) is 0.522. The van der Waals surface area contributed by atoms with Crippen molar-refractivity contribution in [3.8, 4) is 0 Å². The van der Waals surface area contributed by atoms with Crippen molar-refractivity contribution in [1.29, 1.82) is 0 Å². The van der Waals surface area contributed by atoms with Crippen molar-refractivity contribution in [2.75, 3.05) is 19.8 Å². The van der Waals surface area contributed by atoms with Crippen LogP contribution in [0.15, 0.2) is 0 Å². The van der Waals surface area contributed by atoms with Gasteiger partial charge in [0.15, 0.2) is 5.79 Å². The summed E-state index contributed by atoms with van der Waals surface area (Å²) in [7, 11) is 0. The summed E-state index contributed by atoms with van der Waals surface area (Å²) in [5.74, 6) is 0.124. The van der Waals surface area contributed by atoms with E-state index in [2.05, 4.69) is 0 Å². The summed E-state index contributed by atoms with van der Waals surface area (Å²) in [5, 5.41) is 8.79. The molecule has 3 nitrogen and oxygen atoms in total. The van der Waals surface area contributed by atoms with Crippen LogP contribution in [0, 0.1) is 5.92 Å². The Balaban J connectivity index is 1.84. The minimum Gasteiger partial charge on any atom is -0.396 e. The van der Waals surface area contributed by atoms with Gasteiger partial charge in [-0.05, 0) is 12.3 Å². The van der Waals surface area contributed by atoms with E-state index in [0.29, 0.717) is 5.92 Å². The molecular weight excluding hydrogens is 144 g/mol. The molecule has 0 atom stereocenters. The number of hydrogen-bond donors (Lipinski definition) is 1. The molecule has 2 aliphatic rings.